The van der Waals surface area contributed by atoms with Crippen molar-refractivity contribution in [2.75, 3.05) is 6.54 Å². The lowest BCUT2D eigenvalue weighted by molar-refractivity contribution is 0.246. The van der Waals surface area contributed by atoms with Gasteiger partial charge in [-0.3, -0.25) is 0 Å². The quantitative estimate of drug-likeness (QED) is 0.859. The minimum Gasteiger partial charge on any atom is -0.337 e. The molecule has 0 bridgehead atoms. The molecule has 1 aliphatic carbocycles. The molecule has 24 heavy (non-hydrogen) atoms. The van der Waals surface area contributed by atoms with E-state index in [-0.39, 0.29) is 4.90 Å². The van der Waals surface area contributed by atoms with Crippen molar-refractivity contribution >= 4 is 16.1 Å². The molecule has 1 atom stereocenters. The fraction of sp³-hybridized carbons (Fsp3) is 0.333. The Kier molecular flexibility index (Phi) is 5.83. The van der Waals surface area contributed by atoms with E-state index in [1.165, 1.54) is 23.3 Å². The van der Waals surface area contributed by atoms with Gasteiger partial charge in [0, 0.05) is 6.54 Å². The molecule has 6 heteroatoms. The van der Waals surface area contributed by atoms with Crippen molar-refractivity contribution in [3.8, 4) is 0 Å². The molecule has 0 saturated carbocycles. The highest BCUT2D eigenvalue weighted by Crippen LogP contribution is 2.25. The van der Waals surface area contributed by atoms with Gasteiger partial charge in [-0.2, -0.15) is 0 Å². The van der Waals surface area contributed by atoms with Crippen LogP contribution in [0.15, 0.2) is 52.5 Å². The Hall–Kier alpha value is -2.08. The SMILES string of the molecule is CC1=C(CCNC(=O)NS(=O)(=O)c2ccc(C)cc2)C=C[CH]C1C. The number of nitrogens with one attached hydrogen (secondary N) is 2. The summed E-state index contributed by atoms with van der Waals surface area (Å²) in [5, 5.41) is 2.60. The minimum atomic E-state index is -3.84. The number of hydrogen-bond acceptors (Lipinski definition) is 3. The van der Waals surface area contributed by atoms with E-state index in [0.717, 1.165) is 5.56 Å². The molecule has 0 saturated heterocycles. The molecule has 1 aromatic carbocycles. The lowest BCUT2D eigenvalue weighted by Gasteiger charge is -2.19. The van der Waals surface area contributed by atoms with Gasteiger partial charge in [0.05, 0.1) is 4.90 Å². The Labute approximate surface area is 143 Å². The van der Waals surface area contributed by atoms with Crippen LogP contribution < -0.4 is 10.0 Å². The highest BCUT2D eigenvalue weighted by atomic mass is 32.2. The van der Waals surface area contributed by atoms with Crippen LogP contribution >= 0.6 is 0 Å². The van der Waals surface area contributed by atoms with Gasteiger partial charge in [-0.25, -0.2) is 17.9 Å². The molecule has 2 rings (SSSR count). The van der Waals surface area contributed by atoms with E-state index in [1.807, 2.05) is 23.8 Å². The zero-order valence-electron chi connectivity index (χ0n) is 14.2. The molecule has 1 aromatic rings. The van der Waals surface area contributed by atoms with E-state index in [0.29, 0.717) is 18.9 Å². The van der Waals surface area contributed by atoms with E-state index < -0.39 is 16.1 Å². The normalized spacial score (nSPS) is 17.7. The first-order valence-electron chi connectivity index (χ1n) is 7.88. The number of benzene rings is 1. The van der Waals surface area contributed by atoms with E-state index in [1.54, 1.807) is 12.1 Å². The van der Waals surface area contributed by atoms with Gasteiger partial charge >= 0.3 is 6.03 Å². The average Bonchev–Trinajstić information content (AvgIpc) is 2.51. The third-order valence-electron chi connectivity index (χ3n) is 4.12. The summed E-state index contributed by atoms with van der Waals surface area (Å²) in [5.74, 6) is 0.390. The summed E-state index contributed by atoms with van der Waals surface area (Å²) in [6, 6.07) is 5.62. The van der Waals surface area contributed by atoms with Crippen LogP contribution in [0.2, 0.25) is 0 Å². The van der Waals surface area contributed by atoms with Crippen molar-refractivity contribution < 1.29 is 13.2 Å². The molecule has 129 valence electrons. The minimum absolute atomic E-state index is 0.0707. The van der Waals surface area contributed by atoms with Crippen LogP contribution in [-0.4, -0.2) is 21.0 Å². The predicted molar refractivity (Wildman–Crippen MR) is 94.8 cm³/mol. The van der Waals surface area contributed by atoms with Crippen LogP contribution in [0.25, 0.3) is 0 Å². The fourth-order valence-electron chi connectivity index (χ4n) is 2.43. The summed E-state index contributed by atoms with van der Waals surface area (Å²) in [4.78, 5) is 11.9. The smallest absolute Gasteiger partial charge is 0.328 e. The van der Waals surface area contributed by atoms with Crippen molar-refractivity contribution in [2.45, 2.75) is 32.1 Å². The largest absolute Gasteiger partial charge is 0.337 e. The Balaban J connectivity index is 1.88. The second-order valence-electron chi connectivity index (χ2n) is 5.97. The van der Waals surface area contributed by atoms with Gasteiger partial charge in [0.25, 0.3) is 10.0 Å². The van der Waals surface area contributed by atoms with Crippen molar-refractivity contribution in [3.63, 3.8) is 0 Å². The number of aryl methyl sites for hydroxylation is 1. The summed E-state index contributed by atoms with van der Waals surface area (Å²) < 4.78 is 26.3. The first-order chi connectivity index (χ1) is 11.3. The highest BCUT2D eigenvalue weighted by molar-refractivity contribution is 7.90. The van der Waals surface area contributed by atoms with Crippen LogP contribution in [0.5, 0.6) is 0 Å². The second kappa shape index (κ2) is 7.66. The molecule has 0 spiro atoms. The number of sulfonamides is 1. The Morgan fingerprint density at radius 2 is 1.83 bits per heavy atom. The number of urea groups is 1. The summed E-state index contributed by atoms with van der Waals surface area (Å²) in [7, 11) is -3.84. The molecule has 2 amide bonds. The van der Waals surface area contributed by atoms with E-state index in [9.17, 15) is 13.2 Å². The standard InChI is InChI=1S/C18H23N2O3S/c1-13-7-9-17(10-8-13)24(22,23)20-18(21)19-12-11-16-6-4-5-14(2)15(16)3/h4-10,14H,11-12H2,1-3H3,(H2,19,20,21). The number of allylic oxidation sites excluding steroid dienone is 3. The maximum Gasteiger partial charge on any atom is 0.328 e. The summed E-state index contributed by atoms with van der Waals surface area (Å²) in [6.45, 7) is 6.43. The number of carbonyl (C=O) groups is 1. The van der Waals surface area contributed by atoms with Crippen LogP contribution in [0.3, 0.4) is 0 Å². The Morgan fingerprint density at radius 1 is 1.17 bits per heavy atom. The highest BCUT2D eigenvalue weighted by Gasteiger charge is 2.17. The first-order valence-corrected chi connectivity index (χ1v) is 9.36. The maximum absolute atomic E-state index is 12.1. The van der Waals surface area contributed by atoms with Gasteiger partial charge in [0.15, 0.2) is 0 Å². The lowest BCUT2D eigenvalue weighted by Crippen LogP contribution is -2.39. The molecule has 5 nitrogen and oxygen atoms in total. The molecule has 0 aromatic heterocycles. The van der Waals surface area contributed by atoms with Crippen molar-refractivity contribution in [3.05, 3.63) is 59.5 Å². The van der Waals surface area contributed by atoms with E-state index in [4.69, 9.17) is 0 Å². The van der Waals surface area contributed by atoms with Crippen LogP contribution in [-0.2, 0) is 10.0 Å². The zero-order chi connectivity index (χ0) is 17.7. The summed E-state index contributed by atoms with van der Waals surface area (Å²) >= 11 is 0. The zero-order valence-corrected chi connectivity index (χ0v) is 15.0. The van der Waals surface area contributed by atoms with Crippen molar-refractivity contribution in [1.82, 2.24) is 10.0 Å². The summed E-state index contributed by atoms with van der Waals surface area (Å²) in [5.41, 5.74) is 3.40. The number of amides is 2. The van der Waals surface area contributed by atoms with Crippen molar-refractivity contribution in [2.24, 2.45) is 5.92 Å². The van der Waals surface area contributed by atoms with Crippen LogP contribution in [0.4, 0.5) is 4.79 Å². The number of rotatable bonds is 5. The molecular formula is C18H23N2O3S. The molecule has 0 fully saturated rings. The van der Waals surface area contributed by atoms with Gasteiger partial charge in [0.2, 0.25) is 0 Å². The summed E-state index contributed by atoms with van der Waals surface area (Å²) in [6.07, 6.45) is 6.82. The number of hydrogen-bond donors (Lipinski definition) is 2. The monoisotopic (exact) mass is 347 g/mol. The Morgan fingerprint density at radius 3 is 2.50 bits per heavy atom. The van der Waals surface area contributed by atoms with Crippen LogP contribution in [0, 0.1) is 19.3 Å². The third kappa shape index (κ3) is 4.71. The molecule has 1 unspecified atom stereocenters. The number of carbonyl (C=O) groups excluding carboxylic acids is 1. The first kappa shape index (κ1) is 18.3. The van der Waals surface area contributed by atoms with E-state index >= 15 is 0 Å². The van der Waals surface area contributed by atoms with Gasteiger partial charge in [-0.15, -0.1) is 0 Å². The van der Waals surface area contributed by atoms with E-state index in [2.05, 4.69) is 25.6 Å². The topological polar surface area (TPSA) is 75.3 Å². The van der Waals surface area contributed by atoms with Crippen molar-refractivity contribution in [1.29, 1.82) is 0 Å². The Bertz CT molecular complexity index is 762. The molecular weight excluding hydrogens is 324 g/mol. The predicted octanol–water partition coefficient (Wildman–Crippen LogP) is 3.10. The molecule has 0 aliphatic heterocycles. The van der Waals surface area contributed by atoms with Gasteiger partial charge in [-0.05, 0) is 50.3 Å². The van der Waals surface area contributed by atoms with Gasteiger partial charge in [-0.1, -0.05) is 42.3 Å². The molecule has 1 aliphatic rings. The molecule has 0 heterocycles. The van der Waals surface area contributed by atoms with Gasteiger partial charge in [0.1, 0.15) is 0 Å². The van der Waals surface area contributed by atoms with Gasteiger partial charge < -0.3 is 5.32 Å². The third-order valence-corrected chi connectivity index (χ3v) is 5.47. The maximum atomic E-state index is 12.1. The molecule has 2 N–H and O–H groups in total. The second-order valence-corrected chi connectivity index (χ2v) is 7.66. The van der Waals surface area contributed by atoms with Crippen LogP contribution in [0.1, 0.15) is 25.8 Å². The average molecular weight is 347 g/mol. The fourth-order valence-corrected chi connectivity index (χ4v) is 3.36. The molecule has 1 radical (unpaired) electrons. The lowest BCUT2D eigenvalue weighted by atomic mass is 9.88.